The lowest BCUT2D eigenvalue weighted by Crippen LogP contribution is -1.99. The Hall–Kier alpha value is -2.48. The van der Waals surface area contributed by atoms with Crippen LogP contribution >= 0.6 is 15.9 Å². The standard InChI is InChI=1S/C14H13BrN6O/c1-8-5-11(12(15)6-9(8)2)13-4-3-10(22-13)7-17-21-14(16)18-19-20-21/h3-7H,1-2H3,(H2,16,18,20)/b17-7-. The van der Waals surface area contributed by atoms with Crippen molar-refractivity contribution >= 4 is 28.1 Å². The largest absolute Gasteiger partial charge is 0.455 e. The quantitative estimate of drug-likeness (QED) is 0.724. The second-order valence-corrected chi connectivity index (χ2v) is 5.64. The second kappa shape index (κ2) is 5.72. The fourth-order valence-corrected chi connectivity index (χ4v) is 2.57. The summed E-state index contributed by atoms with van der Waals surface area (Å²) in [5, 5.41) is 14.6. The van der Waals surface area contributed by atoms with E-state index in [0.29, 0.717) is 5.76 Å². The Labute approximate surface area is 134 Å². The van der Waals surface area contributed by atoms with Gasteiger partial charge in [-0.3, -0.25) is 0 Å². The van der Waals surface area contributed by atoms with Crippen LogP contribution < -0.4 is 5.73 Å². The molecule has 0 unspecified atom stereocenters. The summed E-state index contributed by atoms with van der Waals surface area (Å²) in [5.41, 5.74) is 8.94. The number of halogens is 1. The van der Waals surface area contributed by atoms with Gasteiger partial charge in [-0.1, -0.05) is 25.8 Å². The van der Waals surface area contributed by atoms with Crippen LogP contribution in [-0.4, -0.2) is 26.5 Å². The average molecular weight is 361 g/mol. The van der Waals surface area contributed by atoms with Gasteiger partial charge in [-0.15, -0.1) is 0 Å². The molecule has 22 heavy (non-hydrogen) atoms. The Morgan fingerprint density at radius 2 is 2.05 bits per heavy atom. The molecule has 0 saturated carbocycles. The number of nitrogen functional groups attached to an aromatic ring is 1. The van der Waals surface area contributed by atoms with Crippen molar-refractivity contribution in [1.29, 1.82) is 0 Å². The van der Waals surface area contributed by atoms with Crippen molar-refractivity contribution in [3.63, 3.8) is 0 Å². The number of hydrogen-bond donors (Lipinski definition) is 1. The Bertz CT molecular complexity index is 851. The van der Waals surface area contributed by atoms with E-state index in [1.807, 2.05) is 12.1 Å². The number of tetrazole rings is 1. The Balaban J connectivity index is 1.90. The van der Waals surface area contributed by atoms with Crippen molar-refractivity contribution in [3.8, 4) is 11.3 Å². The first kappa shape index (κ1) is 14.5. The second-order valence-electron chi connectivity index (χ2n) is 4.79. The number of furan rings is 1. The van der Waals surface area contributed by atoms with Gasteiger partial charge in [-0.05, 0) is 59.7 Å². The van der Waals surface area contributed by atoms with Crippen LogP contribution in [0.2, 0.25) is 0 Å². The molecule has 3 rings (SSSR count). The molecule has 0 spiro atoms. The van der Waals surface area contributed by atoms with Crippen molar-refractivity contribution < 1.29 is 4.42 Å². The molecule has 0 atom stereocenters. The minimum absolute atomic E-state index is 0.111. The summed E-state index contributed by atoms with van der Waals surface area (Å²) < 4.78 is 6.77. The monoisotopic (exact) mass is 360 g/mol. The summed E-state index contributed by atoms with van der Waals surface area (Å²) in [5.74, 6) is 1.44. The Morgan fingerprint density at radius 1 is 1.27 bits per heavy atom. The van der Waals surface area contributed by atoms with Crippen LogP contribution in [0.25, 0.3) is 11.3 Å². The molecule has 0 fully saturated rings. The van der Waals surface area contributed by atoms with E-state index in [-0.39, 0.29) is 5.95 Å². The summed E-state index contributed by atoms with van der Waals surface area (Å²) in [6.07, 6.45) is 1.51. The van der Waals surface area contributed by atoms with Crippen molar-refractivity contribution in [3.05, 3.63) is 45.6 Å². The van der Waals surface area contributed by atoms with Gasteiger partial charge in [0.15, 0.2) is 0 Å². The van der Waals surface area contributed by atoms with Gasteiger partial charge in [-0.2, -0.15) is 5.10 Å². The van der Waals surface area contributed by atoms with Crippen molar-refractivity contribution in [1.82, 2.24) is 20.3 Å². The number of hydrogen-bond acceptors (Lipinski definition) is 6. The van der Waals surface area contributed by atoms with E-state index in [1.165, 1.54) is 17.3 Å². The Morgan fingerprint density at radius 3 is 2.77 bits per heavy atom. The molecule has 3 aromatic rings. The lowest BCUT2D eigenvalue weighted by atomic mass is 10.1. The van der Waals surface area contributed by atoms with Gasteiger partial charge >= 0.3 is 0 Å². The molecule has 0 amide bonds. The molecule has 0 aliphatic rings. The highest BCUT2D eigenvalue weighted by atomic mass is 79.9. The number of anilines is 1. The van der Waals surface area contributed by atoms with Gasteiger partial charge in [-0.25, -0.2) is 0 Å². The first-order chi connectivity index (χ1) is 10.5. The summed E-state index contributed by atoms with van der Waals surface area (Å²) in [6.45, 7) is 4.14. The molecule has 2 aromatic heterocycles. The molecule has 0 aliphatic carbocycles. The zero-order chi connectivity index (χ0) is 15.7. The predicted molar refractivity (Wildman–Crippen MR) is 86.5 cm³/mol. The van der Waals surface area contributed by atoms with Crippen LogP contribution in [0.5, 0.6) is 0 Å². The molecule has 0 bridgehead atoms. The minimum atomic E-state index is 0.111. The molecular formula is C14H13BrN6O. The van der Waals surface area contributed by atoms with Crippen LogP contribution in [0.15, 0.2) is 38.3 Å². The normalized spacial score (nSPS) is 11.4. The third-order valence-electron chi connectivity index (χ3n) is 3.25. The highest BCUT2D eigenvalue weighted by Gasteiger charge is 2.10. The highest BCUT2D eigenvalue weighted by Crippen LogP contribution is 2.31. The van der Waals surface area contributed by atoms with Crippen LogP contribution in [0.3, 0.4) is 0 Å². The minimum Gasteiger partial charge on any atom is -0.455 e. The molecule has 0 saturated heterocycles. The molecule has 2 heterocycles. The molecule has 112 valence electrons. The summed E-state index contributed by atoms with van der Waals surface area (Å²) in [6, 6.07) is 7.86. The van der Waals surface area contributed by atoms with Gasteiger partial charge in [0.05, 0.1) is 6.21 Å². The molecular weight excluding hydrogens is 348 g/mol. The SMILES string of the molecule is Cc1cc(Br)c(-c2ccc(/C=N\n3nnnc3N)o2)cc1C. The third kappa shape index (κ3) is 2.77. The number of aryl methyl sites for hydroxylation is 2. The maximum absolute atomic E-state index is 5.78. The van der Waals surface area contributed by atoms with Gasteiger partial charge < -0.3 is 10.2 Å². The van der Waals surface area contributed by atoms with Gasteiger partial charge in [0, 0.05) is 10.0 Å². The highest BCUT2D eigenvalue weighted by molar-refractivity contribution is 9.10. The Kier molecular flexibility index (Phi) is 3.76. The number of nitrogens with two attached hydrogens (primary N) is 1. The summed E-state index contributed by atoms with van der Waals surface area (Å²) in [4.78, 5) is 1.12. The molecule has 2 N–H and O–H groups in total. The fourth-order valence-electron chi connectivity index (χ4n) is 1.92. The van der Waals surface area contributed by atoms with Crippen molar-refractivity contribution in [2.75, 3.05) is 5.73 Å². The molecule has 0 aliphatic heterocycles. The smallest absolute Gasteiger partial charge is 0.263 e. The molecule has 0 radical (unpaired) electrons. The number of nitrogens with zero attached hydrogens (tertiary/aromatic N) is 5. The van der Waals surface area contributed by atoms with E-state index in [4.69, 9.17) is 10.2 Å². The first-order valence-electron chi connectivity index (χ1n) is 6.50. The molecule has 1 aromatic carbocycles. The first-order valence-corrected chi connectivity index (χ1v) is 7.29. The lowest BCUT2D eigenvalue weighted by Gasteiger charge is -2.06. The van der Waals surface area contributed by atoms with Gasteiger partial charge in [0.1, 0.15) is 11.5 Å². The zero-order valence-corrected chi connectivity index (χ0v) is 13.6. The van der Waals surface area contributed by atoms with Crippen LogP contribution in [0.1, 0.15) is 16.9 Å². The van der Waals surface area contributed by atoms with Crippen molar-refractivity contribution in [2.24, 2.45) is 5.10 Å². The zero-order valence-electron chi connectivity index (χ0n) is 12.0. The van der Waals surface area contributed by atoms with E-state index >= 15 is 0 Å². The van der Waals surface area contributed by atoms with E-state index < -0.39 is 0 Å². The van der Waals surface area contributed by atoms with E-state index in [2.05, 4.69) is 62.5 Å². The lowest BCUT2D eigenvalue weighted by molar-refractivity contribution is 0.572. The maximum atomic E-state index is 5.78. The number of aromatic nitrogens is 4. The summed E-state index contributed by atoms with van der Waals surface area (Å²) in [7, 11) is 0. The van der Waals surface area contributed by atoms with Crippen molar-refractivity contribution in [2.45, 2.75) is 13.8 Å². The van der Waals surface area contributed by atoms with E-state index in [9.17, 15) is 0 Å². The number of rotatable bonds is 3. The van der Waals surface area contributed by atoms with Crippen LogP contribution in [0, 0.1) is 13.8 Å². The van der Waals surface area contributed by atoms with Gasteiger partial charge in [0.25, 0.3) is 5.95 Å². The van der Waals surface area contributed by atoms with E-state index in [0.717, 1.165) is 20.6 Å². The van der Waals surface area contributed by atoms with E-state index in [1.54, 1.807) is 0 Å². The maximum Gasteiger partial charge on any atom is 0.263 e. The van der Waals surface area contributed by atoms with Crippen LogP contribution in [-0.2, 0) is 0 Å². The number of benzene rings is 1. The molecule has 8 heteroatoms. The van der Waals surface area contributed by atoms with Gasteiger partial charge in [0.2, 0.25) is 0 Å². The predicted octanol–water partition coefficient (Wildman–Crippen LogP) is 2.78. The molecule has 7 nitrogen and oxygen atoms in total. The topological polar surface area (TPSA) is 95.1 Å². The van der Waals surface area contributed by atoms with Crippen LogP contribution in [0.4, 0.5) is 5.95 Å². The average Bonchev–Trinajstić information content (AvgIpc) is 3.10. The third-order valence-corrected chi connectivity index (χ3v) is 3.90. The fraction of sp³-hybridized carbons (Fsp3) is 0.143. The summed E-state index contributed by atoms with van der Waals surface area (Å²) >= 11 is 3.57.